The number of hydrogen-bond donors (Lipinski definition) is 1. The maximum atomic E-state index is 3.44. The second-order valence-corrected chi connectivity index (χ2v) is 4.75. The summed E-state index contributed by atoms with van der Waals surface area (Å²) in [6.45, 7) is 12.7. The first-order valence-electron chi connectivity index (χ1n) is 4.99. The summed E-state index contributed by atoms with van der Waals surface area (Å²) in [5.41, 5.74) is 0.325. The van der Waals surface area contributed by atoms with E-state index in [4.69, 9.17) is 0 Å². The van der Waals surface area contributed by atoms with E-state index in [1.54, 1.807) is 0 Å². The summed E-state index contributed by atoms with van der Waals surface area (Å²) in [5.74, 6) is 0. The van der Waals surface area contributed by atoms with Crippen molar-refractivity contribution in [3.8, 4) is 0 Å². The van der Waals surface area contributed by atoms with E-state index in [0.717, 1.165) is 12.6 Å². The van der Waals surface area contributed by atoms with Crippen molar-refractivity contribution in [3.05, 3.63) is 0 Å². The van der Waals surface area contributed by atoms with Crippen molar-refractivity contribution in [2.45, 2.75) is 45.7 Å². The van der Waals surface area contributed by atoms with Gasteiger partial charge in [0.1, 0.15) is 0 Å². The van der Waals surface area contributed by atoms with Crippen LogP contribution in [-0.2, 0) is 0 Å². The molecular formula is C10H22N2. The van der Waals surface area contributed by atoms with Crippen LogP contribution in [0.2, 0.25) is 0 Å². The van der Waals surface area contributed by atoms with Gasteiger partial charge in [-0.05, 0) is 40.7 Å². The molecule has 0 amide bonds. The van der Waals surface area contributed by atoms with Crippen LogP contribution in [0, 0.1) is 0 Å². The number of rotatable bonds is 0. The van der Waals surface area contributed by atoms with Crippen molar-refractivity contribution in [1.29, 1.82) is 0 Å². The molecule has 12 heavy (non-hydrogen) atoms. The molecule has 1 fully saturated rings. The van der Waals surface area contributed by atoms with E-state index < -0.39 is 0 Å². The van der Waals surface area contributed by atoms with E-state index in [9.17, 15) is 0 Å². The summed E-state index contributed by atoms with van der Waals surface area (Å²) in [6.07, 6.45) is 1.28. The minimum atomic E-state index is 0.325. The smallest absolute Gasteiger partial charge is 0.0128 e. The molecule has 1 unspecified atom stereocenters. The number of hydrogen-bond acceptors (Lipinski definition) is 2. The second kappa shape index (κ2) is 3.75. The van der Waals surface area contributed by atoms with Gasteiger partial charge in [-0.3, -0.25) is 4.90 Å². The lowest BCUT2D eigenvalue weighted by atomic mass is 10.0. The molecule has 0 bridgehead atoms. The third-order valence-electron chi connectivity index (χ3n) is 2.66. The Kier molecular flexibility index (Phi) is 3.13. The molecule has 0 aromatic carbocycles. The normalized spacial score (nSPS) is 28.5. The largest absolute Gasteiger partial charge is 0.315 e. The minimum Gasteiger partial charge on any atom is -0.315 e. The summed E-state index contributed by atoms with van der Waals surface area (Å²) in [4.78, 5) is 2.59. The molecule has 2 nitrogen and oxygen atoms in total. The van der Waals surface area contributed by atoms with Crippen molar-refractivity contribution < 1.29 is 0 Å². The van der Waals surface area contributed by atoms with E-state index in [2.05, 4.69) is 37.9 Å². The zero-order valence-corrected chi connectivity index (χ0v) is 8.85. The van der Waals surface area contributed by atoms with E-state index in [1.807, 2.05) is 0 Å². The van der Waals surface area contributed by atoms with Gasteiger partial charge in [0, 0.05) is 24.7 Å². The van der Waals surface area contributed by atoms with Gasteiger partial charge in [-0.15, -0.1) is 0 Å². The lowest BCUT2D eigenvalue weighted by molar-refractivity contribution is 0.0985. The third-order valence-corrected chi connectivity index (χ3v) is 2.66. The lowest BCUT2D eigenvalue weighted by Crippen LogP contribution is -2.47. The summed E-state index contributed by atoms with van der Waals surface area (Å²) < 4.78 is 0. The fourth-order valence-corrected chi connectivity index (χ4v) is 2.01. The van der Waals surface area contributed by atoms with E-state index in [-0.39, 0.29) is 0 Å². The van der Waals surface area contributed by atoms with Gasteiger partial charge in [-0.2, -0.15) is 0 Å². The van der Waals surface area contributed by atoms with E-state index >= 15 is 0 Å². The molecule has 1 N–H and O–H groups in total. The van der Waals surface area contributed by atoms with E-state index in [0.29, 0.717) is 5.54 Å². The van der Waals surface area contributed by atoms with E-state index in [1.165, 1.54) is 19.5 Å². The van der Waals surface area contributed by atoms with Gasteiger partial charge in [0.25, 0.3) is 0 Å². The average molecular weight is 170 g/mol. The Hall–Kier alpha value is -0.0800. The number of nitrogens with zero attached hydrogens (tertiary/aromatic N) is 1. The predicted octanol–water partition coefficient (Wildman–Crippen LogP) is 1.47. The van der Waals surface area contributed by atoms with Crippen LogP contribution in [-0.4, -0.2) is 36.1 Å². The molecule has 1 aliphatic rings. The first-order chi connectivity index (χ1) is 5.52. The van der Waals surface area contributed by atoms with Crippen LogP contribution in [0.15, 0.2) is 0 Å². The van der Waals surface area contributed by atoms with Gasteiger partial charge < -0.3 is 5.32 Å². The first kappa shape index (κ1) is 10.0. The van der Waals surface area contributed by atoms with Crippen molar-refractivity contribution in [3.63, 3.8) is 0 Å². The lowest BCUT2D eigenvalue weighted by Gasteiger charge is -2.39. The summed E-state index contributed by atoms with van der Waals surface area (Å²) in [6, 6.07) is 0.722. The van der Waals surface area contributed by atoms with Crippen molar-refractivity contribution in [1.82, 2.24) is 10.2 Å². The van der Waals surface area contributed by atoms with Crippen molar-refractivity contribution in [2.24, 2.45) is 0 Å². The van der Waals surface area contributed by atoms with Crippen LogP contribution >= 0.6 is 0 Å². The molecule has 0 spiro atoms. The Morgan fingerprint density at radius 1 is 1.25 bits per heavy atom. The minimum absolute atomic E-state index is 0.325. The molecule has 1 rings (SSSR count). The van der Waals surface area contributed by atoms with Crippen LogP contribution in [0.4, 0.5) is 0 Å². The third kappa shape index (κ3) is 2.46. The van der Waals surface area contributed by atoms with Crippen molar-refractivity contribution in [2.75, 3.05) is 19.6 Å². The highest BCUT2D eigenvalue weighted by Crippen LogP contribution is 2.18. The summed E-state index contributed by atoms with van der Waals surface area (Å²) in [5, 5.41) is 3.44. The molecule has 72 valence electrons. The van der Waals surface area contributed by atoms with Gasteiger partial charge in [-0.1, -0.05) is 0 Å². The van der Waals surface area contributed by atoms with Crippen LogP contribution < -0.4 is 5.32 Å². The first-order valence-corrected chi connectivity index (χ1v) is 4.99. The number of nitrogens with one attached hydrogen (secondary N) is 1. The highest BCUT2D eigenvalue weighted by molar-refractivity contribution is 4.83. The summed E-state index contributed by atoms with van der Waals surface area (Å²) in [7, 11) is 0. The fourth-order valence-electron chi connectivity index (χ4n) is 2.01. The highest BCUT2D eigenvalue weighted by Gasteiger charge is 2.26. The molecule has 1 atom stereocenters. The Labute approximate surface area is 76.3 Å². The van der Waals surface area contributed by atoms with Crippen LogP contribution in [0.5, 0.6) is 0 Å². The molecule has 1 saturated heterocycles. The SMILES string of the molecule is CC1CCNCCN1C(C)(C)C. The molecule has 2 heteroatoms. The Morgan fingerprint density at radius 2 is 1.92 bits per heavy atom. The van der Waals surface area contributed by atoms with Crippen LogP contribution in [0.3, 0.4) is 0 Å². The Bertz CT molecular complexity index is 137. The maximum Gasteiger partial charge on any atom is 0.0128 e. The molecule has 1 aliphatic heterocycles. The second-order valence-electron chi connectivity index (χ2n) is 4.75. The maximum absolute atomic E-state index is 3.44. The fraction of sp³-hybridized carbons (Fsp3) is 1.00. The Morgan fingerprint density at radius 3 is 2.50 bits per heavy atom. The standard InChI is InChI=1S/C10H22N2/c1-9-5-6-11-7-8-12(9)10(2,3)4/h9,11H,5-8H2,1-4H3. The zero-order chi connectivity index (χ0) is 9.19. The summed E-state index contributed by atoms with van der Waals surface area (Å²) >= 11 is 0. The molecule has 1 heterocycles. The monoisotopic (exact) mass is 170 g/mol. The molecule has 0 aliphatic carbocycles. The molecule has 0 radical (unpaired) electrons. The molecule has 0 saturated carbocycles. The van der Waals surface area contributed by atoms with Crippen LogP contribution in [0.1, 0.15) is 34.1 Å². The van der Waals surface area contributed by atoms with Gasteiger partial charge in [-0.25, -0.2) is 0 Å². The van der Waals surface area contributed by atoms with Gasteiger partial charge >= 0.3 is 0 Å². The van der Waals surface area contributed by atoms with Gasteiger partial charge in [0.05, 0.1) is 0 Å². The molecule has 0 aromatic rings. The highest BCUT2D eigenvalue weighted by atomic mass is 15.2. The quantitative estimate of drug-likeness (QED) is 0.592. The average Bonchev–Trinajstić information content (AvgIpc) is 2.11. The topological polar surface area (TPSA) is 15.3 Å². The molecular weight excluding hydrogens is 148 g/mol. The predicted molar refractivity (Wildman–Crippen MR) is 53.4 cm³/mol. The zero-order valence-electron chi connectivity index (χ0n) is 8.85. The van der Waals surface area contributed by atoms with Crippen molar-refractivity contribution >= 4 is 0 Å². The Balaban J connectivity index is 2.59. The molecule has 0 aromatic heterocycles. The van der Waals surface area contributed by atoms with Gasteiger partial charge in [0.15, 0.2) is 0 Å². The van der Waals surface area contributed by atoms with Gasteiger partial charge in [0.2, 0.25) is 0 Å². The van der Waals surface area contributed by atoms with Crippen LogP contribution in [0.25, 0.3) is 0 Å².